The van der Waals surface area contributed by atoms with Gasteiger partial charge in [-0.05, 0) is 25.6 Å². The summed E-state index contributed by atoms with van der Waals surface area (Å²) in [6, 6.07) is 8.16. The number of rotatable bonds is 8. The molecular weight excluding hydrogens is 356 g/mol. The van der Waals surface area contributed by atoms with Crippen LogP contribution >= 0.6 is 0 Å². The van der Waals surface area contributed by atoms with Gasteiger partial charge < -0.3 is 10.2 Å². The molecule has 0 amide bonds. The largest absolute Gasteiger partial charge is 0.354 e. The maximum Gasteiger partial charge on any atom is 0.329 e. The highest BCUT2D eigenvalue weighted by molar-refractivity contribution is 5.74. The molecule has 0 aliphatic rings. The average Bonchev–Trinajstić information content (AvgIpc) is 3.04. The summed E-state index contributed by atoms with van der Waals surface area (Å²) in [7, 11) is 1.61. The third kappa shape index (κ3) is 4.01. The van der Waals surface area contributed by atoms with Gasteiger partial charge in [0.2, 0.25) is 5.95 Å². The number of likely N-dealkylation sites (N-methyl/N-ethyl adjacent to an activating group) is 1. The molecule has 8 heteroatoms. The van der Waals surface area contributed by atoms with Crippen molar-refractivity contribution in [3.05, 3.63) is 56.2 Å². The fourth-order valence-corrected chi connectivity index (χ4v) is 3.27. The minimum Gasteiger partial charge on any atom is -0.354 e. The van der Waals surface area contributed by atoms with Crippen LogP contribution in [0.5, 0.6) is 0 Å². The second-order valence-electron chi connectivity index (χ2n) is 6.95. The maximum atomic E-state index is 12.5. The number of hydrogen-bond donors (Lipinski definition) is 2. The second-order valence-corrected chi connectivity index (χ2v) is 6.95. The number of aromatic amines is 1. The van der Waals surface area contributed by atoms with Crippen molar-refractivity contribution in [2.45, 2.75) is 27.3 Å². The highest BCUT2D eigenvalue weighted by atomic mass is 16.2. The quantitative estimate of drug-likeness (QED) is 0.615. The first kappa shape index (κ1) is 19.9. The number of aromatic nitrogens is 4. The predicted octanol–water partition coefficient (Wildman–Crippen LogP) is 1.53. The Kier molecular flexibility index (Phi) is 5.99. The summed E-state index contributed by atoms with van der Waals surface area (Å²) in [6.45, 7) is 10.3. The number of fused-ring (bicyclic) bond motifs is 1. The summed E-state index contributed by atoms with van der Waals surface area (Å²) in [5.41, 5.74) is 2.13. The van der Waals surface area contributed by atoms with Gasteiger partial charge in [-0.25, -0.2) is 4.79 Å². The van der Waals surface area contributed by atoms with Gasteiger partial charge in [0.05, 0.1) is 6.54 Å². The Morgan fingerprint density at radius 2 is 1.82 bits per heavy atom. The molecule has 3 rings (SSSR count). The zero-order valence-corrected chi connectivity index (χ0v) is 17.0. The zero-order chi connectivity index (χ0) is 20.3. The van der Waals surface area contributed by atoms with Crippen molar-refractivity contribution in [1.82, 2.24) is 24.0 Å². The Bertz CT molecular complexity index is 1060. The van der Waals surface area contributed by atoms with Gasteiger partial charge >= 0.3 is 5.69 Å². The van der Waals surface area contributed by atoms with E-state index in [0.717, 1.165) is 25.2 Å². The lowest BCUT2D eigenvalue weighted by Crippen LogP contribution is -2.29. The smallest absolute Gasteiger partial charge is 0.329 e. The molecule has 8 nitrogen and oxygen atoms in total. The molecule has 0 bridgehead atoms. The number of nitrogens with one attached hydrogen (secondary N) is 2. The van der Waals surface area contributed by atoms with E-state index in [-0.39, 0.29) is 0 Å². The standard InChI is InChI=1S/C20H28N6O2/c1-5-25(6-2)12-11-21-19-22-17-16(18(27)23-20(28)24(17)4)26(19)13-15-9-7-14(3)8-10-15/h7-10H,5-6,11-13H2,1-4H3,(H,21,22)(H,23,27,28). The van der Waals surface area contributed by atoms with E-state index < -0.39 is 11.2 Å². The van der Waals surface area contributed by atoms with Crippen LogP contribution in [-0.4, -0.2) is 50.2 Å². The van der Waals surface area contributed by atoms with Crippen molar-refractivity contribution < 1.29 is 0 Å². The number of imidazole rings is 1. The minimum atomic E-state index is -0.466. The van der Waals surface area contributed by atoms with Crippen LogP contribution < -0.4 is 16.6 Å². The summed E-state index contributed by atoms with van der Waals surface area (Å²) < 4.78 is 3.22. The molecular formula is C20H28N6O2. The Balaban J connectivity index is 2.01. The van der Waals surface area contributed by atoms with E-state index >= 15 is 0 Å². The van der Waals surface area contributed by atoms with Crippen LogP contribution in [0.25, 0.3) is 11.2 Å². The molecule has 0 spiro atoms. The van der Waals surface area contributed by atoms with E-state index in [0.29, 0.717) is 30.2 Å². The van der Waals surface area contributed by atoms with Crippen LogP contribution in [0.15, 0.2) is 33.9 Å². The van der Waals surface area contributed by atoms with Gasteiger partial charge in [0, 0.05) is 20.1 Å². The zero-order valence-electron chi connectivity index (χ0n) is 17.0. The molecule has 1 aromatic carbocycles. The first-order valence-electron chi connectivity index (χ1n) is 9.65. The Morgan fingerprint density at radius 1 is 1.14 bits per heavy atom. The molecule has 3 aromatic rings. The highest BCUT2D eigenvalue weighted by Crippen LogP contribution is 2.18. The monoisotopic (exact) mass is 384 g/mol. The van der Waals surface area contributed by atoms with Crippen LogP contribution in [0.2, 0.25) is 0 Å². The van der Waals surface area contributed by atoms with E-state index in [1.54, 1.807) is 7.05 Å². The number of hydrogen-bond acceptors (Lipinski definition) is 5. The van der Waals surface area contributed by atoms with Gasteiger partial charge in [-0.2, -0.15) is 4.98 Å². The van der Waals surface area contributed by atoms with Gasteiger partial charge in [-0.1, -0.05) is 43.7 Å². The topological polar surface area (TPSA) is 88.0 Å². The minimum absolute atomic E-state index is 0.381. The van der Waals surface area contributed by atoms with E-state index in [2.05, 4.69) is 34.0 Å². The fourth-order valence-electron chi connectivity index (χ4n) is 3.27. The fraction of sp³-hybridized carbons (Fsp3) is 0.450. The molecule has 2 N–H and O–H groups in total. The molecule has 0 fully saturated rings. The number of H-pyrrole nitrogens is 1. The van der Waals surface area contributed by atoms with Crippen LogP contribution in [0.4, 0.5) is 5.95 Å². The molecule has 150 valence electrons. The van der Waals surface area contributed by atoms with Crippen molar-refractivity contribution in [1.29, 1.82) is 0 Å². The Hall–Kier alpha value is -2.87. The lowest BCUT2D eigenvalue weighted by molar-refractivity contribution is 0.315. The van der Waals surface area contributed by atoms with Crippen LogP contribution in [0, 0.1) is 6.92 Å². The number of anilines is 1. The lowest BCUT2D eigenvalue weighted by atomic mass is 10.1. The Morgan fingerprint density at radius 3 is 2.46 bits per heavy atom. The van der Waals surface area contributed by atoms with Crippen molar-refractivity contribution in [3.63, 3.8) is 0 Å². The van der Waals surface area contributed by atoms with Gasteiger partial charge in [-0.15, -0.1) is 0 Å². The summed E-state index contributed by atoms with van der Waals surface area (Å²) >= 11 is 0. The third-order valence-corrected chi connectivity index (χ3v) is 5.07. The van der Waals surface area contributed by atoms with Gasteiger partial charge in [-0.3, -0.25) is 18.9 Å². The number of benzene rings is 1. The molecule has 28 heavy (non-hydrogen) atoms. The van der Waals surface area contributed by atoms with E-state index in [1.165, 1.54) is 10.1 Å². The molecule has 2 aromatic heterocycles. The van der Waals surface area contributed by atoms with Crippen molar-refractivity contribution in [2.75, 3.05) is 31.5 Å². The van der Waals surface area contributed by atoms with E-state index in [9.17, 15) is 9.59 Å². The van der Waals surface area contributed by atoms with Crippen LogP contribution in [-0.2, 0) is 13.6 Å². The van der Waals surface area contributed by atoms with Crippen molar-refractivity contribution in [3.8, 4) is 0 Å². The molecule has 0 atom stereocenters. The molecule has 2 heterocycles. The SMILES string of the molecule is CCN(CC)CCNc1nc2c(c(=O)[nH]c(=O)n2C)n1Cc1ccc(C)cc1. The first-order chi connectivity index (χ1) is 13.4. The number of nitrogens with zero attached hydrogens (tertiary/aromatic N) is 4. The summed E-state index contributed by atoms with van der Waals surface area (Å²) in [6.07, 6.45) is 0. The molecule has 0 aliphatic carbocycles. The second kappa shape index (κ2) is 8.43. The highest BCUT2D eigenvalue weighted by Gasteiger charge is 2.17. The van der Waals surface area contributed by atoms with Crippen LogP contribution in [0.1, 0.15) is 25.0 Å². The molecule has 0 unspecified atom stereocenters. The predicted molar refractivity (Wildman–Crippen MR) is 112 cm³/mol. The molecule has 0 saturated carbocycles. The summed E-state index contributed by atoms with van der Waals surface area (Å²) in [5, 5.41) is 3.35. The first-order valence-corrected chi connectivity index (χ1v) is 9.65. The van der Waals surface area contributed by atoms with Crippen LogP contribution in [0.3, 0.4) is 0 Å². The van der Waals surface area contributed by atoms with Gasteiger partial charge in [0.15, 0.2) is 11.2 Å². The van der Waals surface area contributed by atoms with Gasteiger partial charge in [0.25, 0.3) is 5.56 Å². The van der Waals surface area contributed by atoms with Gasteiger partial charge in [0.1, 0.15) is 0 Å². The van der Waals surface area contributed by atoms with Crippen molar-refractivity contribution in [2.24, 2.45) is 7.05 Å². The maximum absolute atomic E-state index is 12.5. The normalized spacial score (nSPS) is 11.5. The average molecular weight is 384 g/mol. The third-order valence-electron chi connectivity index (χ3n) is 5.07. The molecule has 0 aliphatic heterocycles. The van der Waals surface area contributed by atoms with E-state index in [1.807, 2.05) is 35.8 Å². The Labute approximate surface area is 163 Å². The van der Waals surface area contributed by atoms with Crippen molar-refractivity contribution >= 4 is 17.1 Å². The number of aryl methyl sites for hydroxylation is 2. The lowest BCUT2D eigenvalue weighted by Gasteiger charge is -2.18. The molecule has 0 saturated heterocycles. The molecule has 0 radical (unpaired) electrons. The van der Waals surface area contributed by atoms with E-state index in [4.69, 9.17) is 0 Å². The summed E-state index contributed by atoms with van der Waals surface area (Å²) in [5.74, 6) is 0.592. The summed E-state index contributed by atoms with van der Waals surface area (Å²) in [4.78, 5) is 33.8.